The second-order valence-corrected chi connectivity index (χ2v) is 3.99. The lowest BCUT2D eigenvalue weighted by molar-refractivity contribution is -0.123. The van der Waals surface area contributed by atoms with Gasteiger partial charge in [-0.3, -0.25) is 9.69 Å². The largest absolute Gasteiger partial charge is 0.338 e. The molecule has 89 valence electrons. The summed E-state index contributed by atoms with van der Waals surface area (Å²) in [6.45, 7) is 8.25. The second-order valence-electron chi connectivity index (χ2n) is 3.99. The van der Waals surface area contributed by atoms with Gasteiger partial charge in [0.1, 0.15) is 0 Å². The first-order chi connectivity index (χ1) is 7.61. The van der Waals surface area contributed by atoms with E-state index >= 15 is 0 Å². The second kappa shape index (κ2) is 5.68. The van der Waals surface area contributed by atoms with E-state index in [-0.39, 0.29) is 11.9 Å². The topological polar surface area (TPSA) is 49.4 Å². The van der Waals surface area contributed by atoms with Crippen molar-refractivity contribution >= 4 is 11.9 Å². The maximum absolute atomic E-state index is 11.9. The highest BCUT2D eigenvalue weighted by molar-refractivity contribution is 6.06. The molecule has 0 saturated heterocycles. The Morgan fingerprint density at radius 1 is 1.56 bits per heavy atom. The number of unbranched alkanes of at least 4 members (excludes halogenated alkanes) is 1. The molecule has 0 aromatic heterocycles. The highest BCUT2D eigenvalue weighted by atomic mass is 16.2. The number of hydrogen-bond acceptors (Lipinski definition) is 2. The van der Waals surface area contributed by atoms with Crippen molar-refractivity contribution in [1.82, 2.24) is 10.2 Å². The van der Waals surface area contributed by atoms with Crippen LogP contribution in [0.1, 0.15) is 33.1 Å². The Morgan fingerprint density at radius 3 is 2.81 bits per heavy atom. The molecule has 0 aliphatic carbocycles. The molecule has 0 atom stereocenters. The summed E-state index contributed by atoms with van der Waals surface area (Å²) in [4.78, 5) is 24.7. The lowest BCUT2D eigenvalue weighted by Crippen LogP contribution is -2.41. The first kappa shape index (κ1) is 12.7. The molecule has 1 aliphatic rings. The molecule has 0 saturated carbocycles. The van der Waals surface area contributed by atoms with E-state index in [0.29, 0.717) is 13.1 Å². The molecule has 1 rings (SSSR count). The molecule has 3 amide bonds. The highest BCUT2D eigenvalue weighted by Gasteiger charge is 2.31. The van der Waals surface area contributed by atoms with Crippen LogP contribution in [0.4, 0.5) is 4.79 Å². The summed E-state index contributed by atoms with van der Waals surface area (Å²) in [6.07, 6.45) is 2.81. The van der Waals surface area contributed by atoms with Gasteiger partial charge in [0.25, 0.3) is 5.91 Å². The van der Waals surface area contributed by atoms with Gasteiger partial charge in [0.2, 0.25) is 0 Å². The van der Waals surface area contributed by atoms with E-state index in [2.05, 4.69) is 19.2 Å². The minimum atomic E-state index is -0.342. The SMILES string of the molecule is [CH2]CNC(=O)N1CC(C)=C(CCCC)C1=O. The number of amides is 3. The van der Waals surface area contributed by atoms with Crippen LogP contribution in [0.25, 0.3) is 0 Å². The number of hydrogen-bond donors (Lipinski definition) is 1. The van der Waals surface area contributed by atoms with Crippen LogP contribution in [0.3, 0.4) is 0 Å². The first-order valence-electron chi connectivity index (χ1n) is 5.69. The summed E-state index contributed by atoms with van der Waals surface area (Å²) in [6, 6.07) is -0.342. The maximum atomic E-state index is 11.9. The zero-order chi connectivity index (χ0) is 12.1. The normalized spacial score (nSPS) is 15.9. The summed E-state index contributed by atoms with van der Waals surface area (Å²) in [7, 11) is 0. The predicted molar refractivity (Wildman–Crippen MR) is 62.7 cm³/mol. The van der Waals surface area contributed by atoms with E-state index in [1.807, 2.05) is 6.92 Å². The number of imide groups is 1. The van der Waals surface area contributed by atoms with E-state index in [0.717, 1.165) is 30.4 Å². The molecule has 4 heteroatoms. The van der Waals surface area contributed by atoms with E-state index in [1.54, 1.807) is 0 Å². The van der Waals surface area contributed by atoms with Crippen molar-refractivity contribution in [3.63, 3.8) is 0 Å². The third-order valence-corrected chi connectivity index (χ3v) is 2.72. The highest BCUT2D eigenvalue weighted by Crippen LogP contribution is 2.23. The lowest BCUT2D eigenvalue weighted by Gasteiger charge is -2.14. The van der Waals surface area contributed by atoms with Gasteiger partial charge in [-0.25, -0.2) is 4.79 Å². The van der Waals surface area contributed by atoms with Crippen molar-refractivity contribution in [2.45, 2.75) is 33.1 Å². The fraction of sp³-hybridized carbons (Fsp3) is 0.583. The minimum absolute atomic E-state index is 0.142. The molecule has 0 aromatic rings. The molecule has 1 aliphatic heterocycles. The Labute approximate surface area is 96.7 Å². The van der Waals surface area contributed by atoms with E-state index in [9.17, 15) is 9.59 Å². The Morgan fingerprint density at radius 2 is 2.25 bits per heavy atom. The van der Waals surface area contributed by atoms with Crippen molar-refractivity contribution in [2.24, 2.45) is 0 Å². The molecule has 16 heavy (non-hydrogen) atoms. The quantitative estimate of drug-likeness (QED) is 0.791. The van der Waals surface area contributed by atoms with Gasteiger partial charge >= 0.3 is 6.03 Å². The molecule has 0 aromatic carbocycles. The Balaban J connectivity index is 2.66. The van der Waals surface area contributed by atoms with Gasteiger partial charge in [-0.2, -0.15) is 0 Å². The lowest BCUT2D eigenvalue weighted by atomic mass is 10.1. The molecule has 0 unspecified atom stereocenters. The Bertz CT molecular complexity index is 321. The van der Waals surface area contributed by atoms with Crippen LogP contribution in [-0.2, 0) is 4.79 Å². The fourth-order valence-corrected chi connectivity index (χ4v) is 1.79. The first-order valence-corrected chi connectivity index (χ1v) is 5.69. The zero-order valence-corrected chi connectivity index (χ0v) is 10.0. The van der Waals surface area contributed by atoms with Gasteiger partial charge in [-0.05, 0) is 32.3 Å². The van der Waals surface area contributed by atoms with Crippen LogP contribution in [0.15, 0.2) is 11.1 Å². The summed E-state index contributed by atoms with van der Waals surface area (Å²) in [5, 5.41) is 2.54. The zero-order valence-electron chi connectivity index (χ0n) is 10.0. The standard InChI is InChI=1S/C12H19N2O2/c1-4-6-7-10-9(3)8-14(11(10)15)12(16)13-5-2/h2,4-8H2,1,3H3,(H,13,16). The Hall–Kier alpha value is -1.32. The fourth-order valence-electron chi connectivity index (χ4n) is 1.79. The van der Waals surface area contributed by atoms with Gasteiger partial charge in [-0.1, -0.05) is 13.3 Å². The third-order valence-electron chi connectivity index (χ3n) is 2.72. The van der Waals surface area contributed by atoms with Crippen LogP contribution in [0.5, 0.6) is 0 Å². The van der Waals surface area contributed by atoms with Gasteiger partial charge in [0, 0.05) is 12.1 Å². The van der Waals surface area contributed by atoms with Crippen molar-refractivity contribution in [3.05, 3.63) is 18.1 Å². The van der Waals surface area contributed by atoms with Gasteiger partial charge in [0.05, 0.1) is 6.54 Å². The van der Waals surface area contributed by atoms with Crippen molar-refractivity contribution in [3.8, 4) is 0 Å². The molecule has 0 bridgehead atoms. The molecule has 1 radical (unpaired) electrons. The molecular formula is C12H19N2O2. The number of nitrogens with one attached hydrogen (secondary N) is 1. The summed E-state index contributed by atoms with van der Waals surface area (Å²) >= 11 is 0. The van der Waals surface area contributed by atoms with E-state index in [4.69, 9.17) is 0 Å². The van der Waals surface area contributed by atoms with Crippen molar-refractivity contribution in [2.75, 3.05) is 13.1 Å². The number of rotatable bonds is 4. The van der Waals surface area contributed by atoms with Crippen LogP contribution in [-0.4, -0.2) is 29.9 Å². The molecular weight excluding hydrogens is 204 g/mol. The monoisotopic (exact) mass is 223 g/mol. The van der Waals surface area contributed by atoms with E-state index in [1.165, 1.54) is 4.90 Å². The van der Waals surface area contributed by atoms with Gasteiger partial charge < -0.3 is 5.32 Å². The van der Waals surface area contributed by atoms with Crippen LogP contribution < -0.4 is 5.32 Å². The van der Waals surface area contributed by atoms with Crippen LogP contribution in [0, 0.1) is 6.92 Å². The molecule has 4 nitrogen and oxygen atoms in total. The maximum Gasteiger partial charge on any atom is 0.324 e. The molecule has 1 N–H and O–H groups in total. The van der Waals surface area contributed by atoms with Crippen LogP contribution >= 0.6 is 0 Å². The Kier molecular flexibility index (Phi) is 4.52. The predicted octanol–water partition coefficient (Wildman–Crippen LogP) is 1.88. The summed E-state index contributed by atoms with van der Waals surface area (Å²) < 4.78 is 0. The third kappa shape index (κ3) is 2.62. The van der Waals surface area contributed by atoms with Crippen LogP contribution in [0.2, 0.25) is 0 Å². The average molecular weight is 223 g/mol. The minimum Gasteiger partial charge on any atom is -0.338 e. The summed E-state index contributed by atoms with van der Waals surface area (Å²) in [5.41, 5.74) is 1.82. The number of nitrogens with zero attached hydrogens (tertiary/aromatic N) is 1. The number of carbonyl (C=O) groups is 2. The van der Waals surface area contributed by atoms with Crippen molar-refractivity contribution < 1.29 is 9.59 Å². The number of carbonyl (C=O) groups excluding carboxylic acids is 2. The summed E-state index contributed by atoms with van der Waals surface area (Å²) in [5.74, 6) is -0.142. The van der Waals surface area contributed by atoms with E-state index < -0.39 is 0 Å². The molecule has 1 heterocycles. The smallest absolute Gasteiger partial charge is 0.324 e. The molecule has 0 spiro atoms. The average Bonchev–Trinajstić information content (AvgIpc) is 2.53. The van der Waals surface area contributed by atoms with Gasteiger partial charge in [-0.15, -0.1) is 0 Å². The number of urea groups is 1. The molecule has 0 fully saturated rings. The van der Waals surface area contributed by atoms with Gasteiger partial charge in [0.15, 0.2) is 0 Å². The van der Waals surface area contributed by atoms with Crippen molar-refractivity contribution in [1.29, 1.82) is 0 Å².